The second-order valence-corrected chi connectivity index (χ2v) is 5.08. The Morgan fingerprint density at radius 1 is 1.45 bits per heavy atom. The maximum atomic E-state index is 11.9. The number of ether oxygens (including phenoxy) is 1. The van der Waals surface area contributed by atoms with Gasteiger partial charge in [-0.3, -0.25) is 4.57 Å². The standard InChI is InChI=1S/C13H18N4O5/c14-4-2-1-3-7-5-17(13(21)16-11(7)15)12-10(20)9(19)8(6-18)22-12/h5,8-10,12,18-20H,1-3,6H2,(H2,15,16,21)/t8-,9-,10+,12-/m1/s1. The van der Waals surface area contributed by atoms with Crippen molar-refractivity contribution in [2.75, 3.05) is 12.3 Å². The van der Waals surface area contributed by atoms with Crippen LogP contribution in [0.15, 0.2) is 11.0 Å². The highest BCUT2D eigenvalue weighted by Gasteiger charge is 2.43. The highest BCUT2D eigenvalue weighted by atomic mass is 16.6. The summed E-state index contributed by atoms with van der Waals surface area (Å²) >= 11 is 0. The first-order valence-corrected chi connectivity index (χ1v) is 6.86. The lowest BCUT2D eigenvalue weighted by molar-refractivity contribution is -0.0550. The lowest BCUT2D eigenvalue weighted by Crippen LogP contribution is -2.36. The predicted molar refractivity (Wildman–Crippen MR) is 74.5 cm³/mol. The van der Waals surface area contributed by atoms with Crippen LogP contribution < -0.4 is 11.4 Å². The zero-order chi connectivity index (χ0) is 16.3. The van der Waals surface area contributed by atoms with Crippen LogP contribution in [0, 0.1) is 11.3 Å². The SMILES string of the molecule is N#CCCCc1cn([C@@H]2O[C@H](CO)[C@@H](O)[C@@H]2O)c(=O)nc1N. The number of nitrogens with zero attached hydrogens (tertiary/aromatic N) is 3. The number of nitrogens with two attached hydrogens (primary N) is 1. The van der Waals surface area contributed by atoms with Crippen LogP contribution in [0.1, 0.15) is 24.6 Å². The minimum absolute atomic E-state index is 0.0610. The van der Waals surface area contributed by atoms with E-state index < -0.39 is 36.8 Å². The summed E-state index contributed by atoms with van der Waals surface area (Å²) in [6, 6.07) is 2.01. The van der Waals surface area contributed by atoms with Gasteiger partial charge in [-0.25, -0.2) is 4.79 Å². The number of aliphatic hydroxyl groups excluding tert-OH is 3. The van der Waals surface area contributed by atoms with Crippen molar-refractivity contribution >= 4 is 5.82 Å². The Morgan fingerprint density at radius 2 is 2.18 bits per heavy atom. The number of nitriles is 1. The molecule has 0 bridgehead atoms. The quantitative estimate of drug-likeness (QED) is 0.468. The molecular weight excluding hydrogens is 292 g/mol. The minimum Gasteiger partial charge on any atom is -0.394 e. The first-order chi connectivity index (χ1) is 10.5. The summed E-state index contributed by atoms with van der Waals surface area (Å²) in [6.07, 6.45) is -2.06. The number of aromatic nitrogens is 2. The molecule has 0 aliphatic carbocycles. The number of nitrogen functional groups attached to an aromatic ring is 1. The number of anilines is 1. The van der Waals surface area contributed by atoms with Crippen molar-refractivity contribution in [2.24, 2.45) is 0 Å². The summed E-state index contributed by atoms with van der Waals surface area (Å²) < 4.78 is 6.35. The molecule has 0 amide bonds. The third-order valence-electron chi connectivity index (χ3n) is 3.59. The molecule has 120 valence electrons. The first-order valence-electron chi connectivity index (χ1n) is 6.86. The molecule has 0 unspecified atom stereocenters. The molecule has 1 aliphatic heterocycles. The minimum atomic E-state index is -1.37. The number of rotatable bonds is 5. The van der Waals surface area contributed by atoms with E-state index in [1.165, 1.54) is 6.20 Å². The summed E-state index contributed by atoms with van der Waals surface area (Å²) in [5.41, 5.74) is 5.51. The van der Waals surface area contributed by atoms with Gasteiger partial charge in [0.2, 0.25) is 0 Å². The molecule has 22 heavy (non-hydrogen) atoms. The van der Waals surface area contributed by atoms with Gasteiger partial charge >= 0.3 is 5.69 Å². The maximum absolute atomic E-state index is 11.9. The van der Waals surface area contributed by atoms with Crippen molar-refractivity contribution in [3.05, 3.63) is 22.2 Å². The Morgan fingerprint density at radius 3 is 2.77 bits per heavy atom. The van der Waals surface area contributed by atoms with Crippen LogP contribution in [0.4, 0.5) is 5.82 Å². The Bertz CT molecular complexity index is 626. The molecule has 1 aliphatic rings. The smallest absolute Gasteiger partial charge is 0.351 e. The molecule has 4 atom stereocenters. The van der Waals surface area contributed by atoms with Crippen LogP contribution in [-0.2, 0) is 11.2 Å². The van der Waals surface area contributed by atoms with Crippen LogP contribution >= 0.6 is 0 Å². The third kappa shape index (κ3) is 3.10. The first kappa shape index (κ1) is 16.4. The van der Waals surface area contributed by atoms with E-state index >= 15 is 0 Å². The Balaban J connectivity index is 2.29. The van der Waals surface area contributed by atoms with Crippen molar-refractivity contribution in [3.63, 3.8) is 0 Å². The van der Waals surface area contributed by atoms with Gasteiger partial charge in [-0.1, -0.05) is 0 Å². The average molecular weight is 310 g/mol. The van der Waals surface area contributed by atoms with Crippen LogP contribution in [0.2, 0.25) is 0 Å². The Labute approximate surface area is 126 Å². The van der Waals surface area contributed by atoms with Gasteiger partial charge in [0.15, 0.2) is 6.23 Å². The average Bonchev–Trinajstić information content (AvgIpc) is 2.77. The number of hydrogen-bond acceptors (Lipinski definition) is 8. The molecule has 1 aromatic heterocycles. The lowest BCUT2D eigenvalue weighted by atomic mass is 10.1. The topological polar surface area (TPSA) is 155 Å². The maximum Gasteiger partial charge on any atom is 0.351 e. The van der Waals surface area contributed by atoms with Gasteiger partial charge in [-0.2, -0.15) is 10.2 Å². The Hall–Kier alpha value is -1.99. The van der Waals surface area contributed by atoms with E-state index in [-0.39, 0.29) is 5.82 Å². The summed E-state index contributed by atoms with van der Waals surface area (Å²) in [5.74, 6) is 0.0610. The highest BCUT2D eigenvalue weighted by Crippen LogP contribution is 2.28. The van der Waals surface area contributed by atoms with E-state index in [9.17, 15) is 15.0 Å². The third-order valence-corrected chi connectivity index (χ3v) is 3.59. The van der Waals surface area contributed by atoms with Gasteiger partial charge in [0.1, 0.15) is 24.1 Å². The van der Waals surface area contributed by atoms with Gasteiger partial charge < -0.3 is 25.8 Å². The Kier molecular flexibility index (Phi) is 5.10. The summed E-state index contributed by atoms with van der Waals surface area (Å²) in [5, 5.41) is 37.3. The molecule has 9 heteroatoms. The van der Waals surface area contributed by atoms with Gasteiger partial charge in [-0.05, 0) is 12.8 Å². The molecule has 2 heterocycles. The normalized spacial score (nSPS) is 27.7. The van der Waals surface area contributed by atoms with Crippen LogP contribution in [0.5, 0.6) is 0 Å². The van der Waals surface area contributed by atoms with E-state index in [0.717, 1.165) is 4.57 Å². The van der Waals surface area contributed by atoms with Gasteiger partial charge in [0, 0.05) is 18.2 Å². The zero-order valence-corrected chi connectivity index (χ0v) is 11.8. The second kappa shape index (κ2) is 6.85. The zero-order valence-electron chi connectivity index (χ0n) is 11.8. The number of aliphatic hydroxyl groups is 3. The van der Waals surface area contributed by atoms with Crippen molar-refractivity contribution in [1.29, 1.82) is 5.26 Å². The van der Waals surface area contributed by atoms with E-state index in [0.29, 0.717) is 24.8 Å². The molecule has 1 fully saturated rings. The van der Waals surface area contributed by atoms with Crippen LogP contribution in [0.25, 0.3) is 0 Å². The molecule has 0 spiro atoms. The van der Waals surface area contributed by atoms with Crippen molar-refractivity contribution in [3.8, 4) is 6.07 Å². The molecular formula is C13H18N4O5. The van der Waals surface area contributed by atoms with E-state index in [2.05, 4.69) is 4.98 Å². The molecule has 1 saturated heterocycles. The van der Waals surface area contributed by atoms with Crippen molar-refractivity contribution in [1.82, 2.24) is 9.55 Å². The van der Waals surface area contributed by atoms with E-state index in [1.807, 2.05) is 6.07 Å². The molecule has 0 aromatic carbocycles. The largest absolute Gasteiger partial charge is 0.394 e. The second-order valence-electron chi connectivity index (χ2n) is 5.08. The number of hydrogen-bond donors (Lipinski definition) is 4. The molecule has 9 nitrogen and oxygen atoms in total. The fourth-order valence-corrected chi connectivity index (χ4v) is 2.36. The summed E-state index contributed by atoms with van der Waals surface area (Å²) in [6.45, 7) is -0.485. The van der Waals surface area contributed by atoms with Crippen molar-refractivity contribution < 1.29 is 20.1 Å². The van der Waals surface area contributed by atoms with Gasteiger partial charge in [0.25, 0.3) is 0 Å². The molecule has 1 aromatic rings. The molecule has 5 N–H and O–H groups in total. The van der Waals surface area contributed by atoms with Gasteiger partial charge in [0.05, 0.1) is 12.7 Å². The van der Waals surface area contributed by atoms with E-state index in [1.54, 1.807) is 0 Å². The number of aryl methyl sites for hydroxylation is 1. The van der Waals surface area contributed by atoms with E-state index in [4.69, 9.17) is 20.8 Å². The summed E-state index contributed by atoms with van der Waals surface area (Å²) in [7, 11) is 0. The fraction of sp³-hybridized carbons (Fsp3) is 0.615. The monoisotopic (exact) mass is 310 g/mol. The van der Waals surface area contributed by atoms with Gasteiger partial charge in [-0.15, -0.1) is 0 Å². The summed E-state index contributed by atoms with van der Waals surface area (Å²) in [4.78, 5) is 15.6. The highest BCUT2D eigenvalue weighted by molar-refractivity contribution is 5.37. The lowest BCUT2D eigenvalue weighted by Gasteiger charge is -2.18. The fourth-order valence-electron chi connectivity index (χ4n) is 2.36. The molecule has 0 radical (unpaired) electrons. The number of unbranched alkanes of at least 4 members (excludes halogenated alkanes) is 1. The van der Waals surface area contributed by atoms with Crippen LogP contribution in [0.3, 0.4) is 0 Å². The molecule has 2 rings (SSSR count). The van der Waals surface area contributed by atoms with Crippen LogP contribution in [-0.4, -0.2) is 49.8 Å². The predicted octanol–water partition coefficient (Wildman–Crippen LogP) is -1.72. The molecule has 0 saturated carbocycles. The van der Waals surface area contributed by atoms with Crippen molar-refractivity contribution in [2.45, 2.75) is 43.8 Å².